The second-order valence-corrected chi connectivity index (χ2v) is 6.28. The van der Waals surface area contributed by atoms with Crippen molar-refractivity contribution in [1.29, 1.82) is 15.8 Å². The molecule has 0 saturated carbocycles. The van der Waals surface area contributed by atoms with Crippen molar-refractivity contribution in [1.82, 2.24) is 9.38 Å². The van der Waals surface area contributed by atoms with Gasteiger partial charge in [-0.15, -0.1) is 0 Å². The van der Waals surface area contributed by atoms with Crippen LogP contribution in [0.15, 0.2) is 60.1 Å². The minimum absolute atomic E-state index is 0.0771. The fourth-order valence-corrected chi connectivity index (χ4v) is 2.77. The Balaban J connectivity index is 1.99. The van der Waals surface area contributed by atoms with E-state index in [1.54, 1.807) is 18.2 Å². The molecule has 0 saturated heterocycles. The first-order chi connectivity index (χ1) is 12.1. The predicted octanol–water partition coefficient (Wildman–Crippen LogP) is 3.84. The molecule has 25 heavy (non-hydrogen) atoms. The van der Waals surface area contributed by atoms with Gasteiger partial charge in [0.2, 0.25) is 0 Å². The second-order valence-electron chi connectivity index (χ2n) is 5.03. The van der Waals surface area contributed by atoms with Crippen LogP contribution in [0.25, 0.3) is 16.9 Å². The van der Waals surface area contributed by atoms with E-state index < -0.39 is 0 Å². The average Bonchev–Trinajstić information content (AvgIpc) is 3.05. The van der Waals surface area contributed by atoms with Crippen molar-refractivity contribution in [2.24, 2.45) is 0 Å². The molecule has 2 aromatic heterocycles. The molecule has 0 aliphatic carbocycles. The van der Waals surface area contributed by atoms with E-state index in [-0.39, 0.29) is 11.3 Å². The molecular formula is C18H9IN6. The summed E-state index contributed by atoms with van der Waals surface area (Å²) in [6.07, 6.45) is 3.91. The zero-order valence-corrected chi connectivity index (χ0v) is 14.9. The molecule has 0 unspecified atom stereocenters. The van der Waals surface area contributed by atoms with Crippen LogP contribution in [0.2, 0.25) is 0 Å². The van der Waals surface area contributed by atoms with Gasteiger partial charge in [-0.2, -0.15) is 15.8 Å². The number of nitriles is 3. The van der Waals surface area contributed by atoms with Crippen LogP contribution < -0.4 is 5.32 Å². The molecule has 3 rings (SSSR count). The van der Waals surface area contributed by atoms with Crippen molar-refractivity contribution in [3.63, 3.8) is 0 Å². The van der Waals surface area contributed by atoms with Crippen molar-refractivity contribution >= 4 is 33.9 Å². The Morgan fingerprint density at radius 1 is 1.04 bits per heavy atom. The normalized spacial score (nSPS) is 9.68. The molecule has 0 fully saturated rings. The molecule has 6 nitrogen and oxygen atoms in total. The number of hydrogen-bond acceptors (Lipinski definition) is 5. The van der Waals surface area contributed by atoms with Crippen LogP contribution >= 0.6 is 22.6 Å². The highest BCUT2D eigenvalue weighted by Gasteiger charge is 2.09. The zero-order valence-electron chi connectivity index (χ0n) is 12.7. The van der Waals surface area contributed by atoms with Crippen molar-refractivity contribution in [2.45, 2.75) is 0 Å². The second kappa shape index (κ2) is 7.04. The Labute approximate surface area is 157 Å². The third-order valence-electron chi connectivity index (χ3n) is 3.43. The molecule has 0 aliphatic rings. The number of hydrogen-bond donors (Lipinski definition) is 1. The number of benzene rings is 1. The maximum Gasteiger partial charge on any atom is 0.163 e. The standard InChI is InChI=1S/C18H9IN6/c19-14-4-5-18-24-17(11-25(18)10-14)12-2-1-3-15(6-12)23-16(9-22)13(7-20)8-21/h1-6,10-11,23H. The Morgan fingerprint density at radius 3 is 2.56 bits per heavy atom. The van der Waals surface area contributed by atoms with Crippen molar-refractivity contribution in [3.8, 4) is 29.5 Å². The van der Waals surface area contributed by atoms with E-state index in [9.17, 15) is 0 Å². The minimum atomic E-state index is -0.254. The number of nitrogens with zero attached hydrogens (tertiary/aromatic N) is 5. The molecule has 118 valence electrons. The predicted molar refractivity (Wildman–Crippen MR) is 101 cm³/mol. The smallest absolute Gasteiger partial charge is 0.163 e. The monoisotopic (exact) mass is 436 g/mol. The van der Waals surface area contributed by atoms with E-state index >= 15 is 0 Å². The van der Waals surface area contributed by atoms with E-state index in [0.717, 1.165) is 20.5 Å². The van der Waals surface area contributed by atoms with Gasteiger partial charge >= 0.3 is 0 Å². The average molecular weight is 436 g/mol. The van der Waals surface area contributed by atoms with E-state index in [1.807, 2.05) is 53.2 Å². The van der Waals surface area contributed by atoms with Crippen molar-refractivity contribution < 1.29 is 0 Å². The summed E-state index contributed by atoms with van der Waals surface area (Å²) < 4.78 is 3.05. The number of rotatable bonds is 3. The number of aromatic nitrogens is 2. The molecule has 0 amide bonds. The van der Waals surface area contributed by atoms with Crippen LogP contribution in [0.1, 0.15) is 0 Å². The van der Waals surface area contributed by atoms with E-state index in [0.29, 0.717) is 5.69 Å². The molecule has 1 N–H and O–H groups in total. The summed E-state index contributed by atoms with van der Waals surface area (Å²) in [7, 11) is 0. The number of imidazole rings is 1. The number of anilines is 1. The van der Waals surface area contributed by atoms with Crippen molar-refractivity contribution in [2.75, 3.05) is 5.32 Å². The molecule has 2 heterocycles. The molecule has 0 aliphatic heterocycles. The molecule has 0 atom stereocenters. The summed E-state index contributed by atoms with van der Waals surface area (Å²) in [5.74, 6) is 0. The summed E-state index contributed by atoms with van der Waals surface area (Å²) in [5.41, 5.74) is 2.75. The molecule has 0 bridgehead atoms. The van der Waals surface area contributed by atoms with Crippen LogP contribution in [-0.4, -0.2) is 9.38 Å². The maximum absolute atomic E-state index is 9.14. The van der Waals surface area contributed by atoms with Gasteiger partial charge in [-0.25, -0.2) is 4.98 Å². The number of nitrogens with one attached hydrogen (secondary N) is 1. The van der Waals surface area contributed by atoms with Crippen molar-refractivity contribution in [3.05, 3.63) is 63.6 Å². The quantitative estimate of drug-likeness (QED) is 0.497. The minimum Gasteiger partial charge on any atom is -0.345 e. The fourth-order valence-electron chi connectivity index (χ4n) is 2.29. The SMILES string of the molecule is N#CC(C#N)=C(C#N)Nc1cccc(-c2cn3cc(I)ccc3n2)c1. The van der Waals surface area contributed by atoms with Gasteiger partial charge in [-0.1, -0.05) is 12.1 Å². The highest BCUT2D eigenvalue weighted by atomic mass is 127. The first-order valence-electron chi connectivity index (χ1n) is 7.11. The Kier molecular flexibility index (Phi) is 4.65. The lowest BCUT2D eigenvalue weighted by molar-refractivity contribution is 1.17. The summed E-state index contributed by atoms with van der Waals surface area (Å²) in [6, 6.07) is 16.5. The van der Waals surface area contributed by atoms with Crippen LogP contribution in [-0.2, 0) is 0 Å². The van der Waals surface area contributed by atoms with E-state index in [4.69, 9.17) is 15.8 Å². The fraction of sp³-hybridized carbons (Fsp3) is 0. The number of fused-ring (bicyclic) bond motifs is 1. The van der Waals surface area contributed by atoms with Gasteiger partial charge in [-0.3, -0.25) is 0 Å². The Morgan fingerprint density at radius 2 is 1.84 bits per heavy atom. The van der Waals surface area contributed by atoms with Gasteiger partial charge in [0.1, 0.15) is 29.6 Å². The lowest BCUT2D eigenvalue weighted by Gasteiger charge is -2.06. The lowest BCUT2D eigenvalue weighted by Crippen LogP contribution is -2.00. The molecule has 7 heteroatoms. The Bertz CT molecular complexity index is 1100. The highest BCUT2D eigenvalue weighted by molar-refractivity contribution is 14.1. The highest BCUT2D eigenvalue weighted by Crippen LogP contribution is 2.24. The van der Waals surface area contributed by atoms with Gasteiger partial charge < -0.3 is 9.72 Å². The Hall–Kier alpha value is -3.35. The van der Waals surface area contributed by atoms with Gasteiger partial charge in [0.05, 0.1) is 5.69 Å². The molecular weight excluding hydrogens is 427 g/mol. The first kappa shape index (κ1) is 16.5. The summed E-state index contributed by atoms with van der Waals surface area (Å²) in [5, 5.41) is 29.8. The molecule has 1 aromatic carbocycles. The van der Waals surface area contributed by atoms with E-state index in [1.165, 1.54) is 0 Å². The van der Waals surface area contributed by atoms with Crippen LogP contribution in [0.5, 0.6) is 0 Å². The topological polar surface area (TPSA) is 101 Å². The molecule has 3 aromatic rings. The third kappa shape index (κ3) is 3.45. The largest absolute Gasteiger partial charge is 0.345 e. The van der Waals surface area contributed by atoms with Crippen LogP contribution in [0.3, 0.4) is 0 Å². The maximum atomic E-state index is 9.14. The van der Waals surface area contributed by atoms with Crippen LogP contribution in [0.4, 0.5) is 5.69 Å². The first-order valence-corrected chi connectivity index (χ1v) is 8.19. The summed E-state index contributed by atoms with van der Waals surface area (Å²) >= 11 is 2.24. The van der Waals surface area contributed by atoms with E-state index in [2.05, 4.69) is 32.9 Å². The van der Waals surface area contributed by atoms with Gasteiger partial charge in [0.15, 0.2) is 5.57 Å². The van der Waals surface area contributed by atoms with Gasteiger partial charge in [0.25, 0.3) is 0 Å². The molecule has 0 spiro atoms. The number of allylic oxidation sites excluding steroid dienone is 2. The van der Waals surface area contributed by atoms with Gasteiger partial charge in [-0.05, 0) is 46.9 Å². The summed E-state index contributed by atoms with van der Waals surface area (Å²) in [4.78, 5) is 4.58. The molecule has 0 radical (unpaired) electrons. The van der Waals surface area contributed by atoms with Gasteiger partial charge in [0, 0.05) is 27.2 Å². The number of halogens is 1. The third-order valence-corrected chi connectivity index (χ3v) is 4.07. The number of pyridine rings is 1. The summed E-state index contributed by atoms with van der Waals surface area (Å²) in [6.45, 7) is 0. The lowest BCUT2D eigenvalue weighted by atomic mass is 10.1. The van der Waals surface area contributed by atoms with Crippen LogP contribution in [0, 0.1) is 37.6 Å². The zero-order chi connectivity index (χ0) is 17.8.